The summed E-state index contributed by atoms with van der Waals surface area (Å²) in [6.07, 6.45) is 3.54. The third-order valence-corrected chi connectivity index (χ3v) is 2.91. The molecule has 92 valence electrons. The zero-order valence-electron chi connectivity index (χ0n) is 10.5. The van der Waals surface area contributed by atoms with Crippen molar-refractivity contribution in [3.63, 3.8) is 0 Å². The Morgan fingerprint density at radius 3 is 2.72 bits per heavy atom. The number of fused-ring (bicyclic) bond motifs is 3. The summed E-state index contributed by atoms with van der Waals surface area (Å²) in [6, 6.07) is 7.98. The number of benzene rings is 1. The van der Waals surface area contributed by atoms with Crippen molar-refractivity contribution in [3.05, 3.63) is 36.8 Å². The first-order valence-electron chi connectivity index (χ1n) is 5.95. The summed E-state index contributed by atoms with van der Waals surface area (Å²) < 4.78 is 1.99. The number of pyridine rings is 1. The van der Waals surface area contributed by atoms with E-state index < -0.39 is 5.60 Å². The Morgan fingerprint density at radius 1 is 1.17 bits per heavy atom. The van der Waals surface area contributed by atoms with Crippen LogP contribution in [0.15, 0.2) is 36.8 Å². The van der Waals surface area contributed by atoms with Crippen molar-refractivity contribution in [1.82, 2.24) is 14.5 Å². The lowest BCUT2D eigenvalue weighted by Gasteiger charge is -2.18. The summed E-state index contributed by atoms with van der Waals surface area (Å²) in [5, 5.41) is 11.0. The highest BCUT2D eigenvalue weighted by atomic mass is 16.3. The first kappa shape index (κ1) is 11.2. The van der Waals surface area contributed by atoms with Crippen molar-refractivity contribution in [2.45, 2.75) is 26.0 Å². The molecule has 0 aliphatic heterocycles. The molecule has 2 heterocycles. The number of aliphatic hydroxyl groups is 1. The van der Waals surface area contributed by atoms with Gasteiger partial charge in [0, 0.05) is 5.39 Å². The predicted octanol–water partition coefficient (Wildman–Crippen LogP) is 2.36. The molecule has 3 aromatic rings. The van der Waals surface area contributed by atoms with E-state index >= 15 is 0 Å². The van der Waals surface area contributed by atoms with Crippen LogP contribution in [0.4, 0.5) is 0 Å². The van der Waals surface area contributed by atoms with Gasteiger partial charge < -0.3 is 9.67 Å². The van der Waals surface area contributed by atoms with Crippen LogP contribution in [-0.2, 0) is 6.54 Å². The quantitative estimate of drug-likeness (QED) is 0.749. The average Bonchev–Trinajstić information content (AvgIpc) is 2.70. The van der Waals surface area contributed by atoms with Gasteiger partial charge in [-0.05, 0) is 19.9 Å². The normalized spacial score (nSPS) is 12.4. The number of hydrogen-bond donors (Lipinski definition) is 1. The van der Waals surface area contributed by atoms with E-state index in [0.717, 1.165) is 21.9 Å². The van der Waals surface area contributed by atoms with E-state index in [-0.39, 0.29) is 0 Å². The molecule has 0 radical (unpaired) electrons. The van der Waals surface area contributed by atoms with Gasteiger partial charge in [0.2, 0.25) is 0 Å². The molecule has 0 unspecified atom stereocenters. The Labute approximate surface area is 105 Å². The summed E-state index contributed by atoms with van der Waals surface area (Å²) in [5.41, 5.74) is 2.07. The van der Waals surface area contributed by atoms with Gasteiger partial charge in [0.25, 0.3) is 0 Å². The molecule has 0 aliphatic rings. The van der Waals surface area contributed by atoms with Crippen LogP contribution in [0, 0.1) is 0 Å². The summed E-state index contributed by atoms with van der Waals surface area (Å²) in [6.45, 7) is 4.10. The summed E-state index contributed by atoms with van der Waals surface area (Å²) in [7, 11) is 0. The molecule has 18 heavy (non-hydrogen) atoms. The summed E-state index contributed by atoms with van der Waals surface area (Å²) in [4.78, 5) is 8.72. The minimum absolute atomic E-state index is 0.511. The van der Waals surface area contributed by atoms with Gasteiger partial charge >= 0.3 is 0 Å². The van der Waals surface area contributed by atoms with Crippen molar-refractivity contribution in [1.29, 1.82) is 0 Å². The minimum Gasteiger partial charge on any atom is -0.389 e. The second-order valence-corrected chi connectivity index (χ2v) is 5.19. The van der Waals surface area contributed by atoms with Gasteiger partial charge in [-0.2, -0.15) is 0 Å². The molecule has 0 saturated heterocycles. The molecule has 0 aliphatic carbocycles. The zero-order valence-corrected chi connectivity index (χ0v) is 10.5. The molecule has 1 aromatic carbocycles. The summed E-state index contributed by atoms with van der Waals surface area (Å²) >= 11 is 0. The Bertz CT molecular complexity index is 710. The number of nitrogens with zero attached hydrogens (tertiary/aromatic N) is 3. The molecule has 4 heteroatoms. The van der Waals surface area contributed by atoms with Crippen molar-refractivity contribution >= 4 is 21.9 Å². The maximum absolute atomic E-state index is 9.96. The SMILES string of the molecule is CC(C)(O)Cn1cnc2cnc3ccccc3c21. The smallest absolute Gasteiger partial charge is 0.107 e. The highest BCUT2D eigenvalue weighted by Gasteiger charge is 2.16. The fraction of sp³-hybridized carbons (Fsp3) is 0.286. The van der Waals surface area contributed by atoms with Crippen LogP contribution in [0.25, 0.3) is 21.9 Å². The number of hydrogen-bond acceptors (Lipinski definition) is 3. The molecule has 0 amide bonds. The molecule has 0 spiro atoms. The highest BCUT2D eigenvalue weighted by Crippen LogP contribution is 2.23. The van der Waals surface area contributed by atoms with Crippen molar-refractivity contribution in [2.75, 3.05) is 0 Å². The zero-order chi connectivity index (χ0) is 12.8. The lowest BCUT2D eigenvalue weighted by Crippen LogP contribution is -2.25. The largest absolute Gasteiger partial charge is 0.389 e. The lowest BCUT2D eigenvalue weighted by molar-refractivity contribution is 0.0627. The second kappa shape index (κ2) is 3.78. The fourth-order valence-corrected chi connectivity index (χ4v) is 2.24. The maximum atomic E-state index is 9.96. The van der Waals surface area contributed by atoms with E-state index in [0.29, 0.717) is 6.54 Å². The number of rotatable bonds is 2. The van der Waals surface area contributed by atoms with E-state index in [1.54, 1.807) is 26.4 Å². The van der Waals surface area contributed by atoms with Gasteiger partial charge in [0.05, 0.1) is 35.7 Å². The molecular formula is C14H15N3O. The van der Waals surface area contributed by atoms with Crippen molar-refractivity contribution in [3.8, 4) is 0 Å². The van der Waals surface area contributed by atoms with Crippen LogP contribution in [0.5, 0.6) is 0 Å². The summed E-state index contributed by atoms with van der Waals surface area (Å²) in [5.74, 6) is 0. The number of para-hydroxylation sites is 1. The first-order chi connectivity index (χ1) is 8.54. The van der Waals surface area contributed by atoms with E-state index in [9.17, 15) is 5.11 Å². The van der Waals surface area contributed by atoms with Crippen LogP contribution >= 0.6 is 0 Å². The molecule has 0 fully saturated rings. The Morgan fingerprint density at radius 2 is 1.94 bits per heavy atom. The fourth-order valence-electron chi connectivity index (χ4n) is 2.24. The molecule has 2 aromatic heterocycles. The second-order valence-electron chi connectivity index (χ2n) is 5.19. The van der Waals surface area contributed by atoms with Crippen molar-refractivity contribution < 1.29 is 5.11 Å². The van der Waals surface area contributed by atoms with Crippen molar-refractivity contribution in [2.24, 2.45) is 0 Å². The molecule has 4 nitrogen and oxygen atoms in total. The predicted molar refractivity (Wildman–Crippen MR) is 71.3 cm³/mol. The standard InChI is InChI=1S/C14H15N3O/c1-14(2,18)8-17-9-16-12-7-15-11-6-4-3-5-10(11)13(12)17/h3-7,9,18H,8H2,1-2H3. The Kier molecular flexibility index (Phi) is 2.35. The van der Waals surface area contributed by atoms with Gasteiger partial charge in [-0.15, -0.1) is 0 Å². The van der Waals surface area contributed by atoms with Gasteiger partial charge in [-0.1, -0.05) is 18.2 Å². The Hall–Kier alpha value is -1.94. The van der Waals surface area contributed by atoms with Crippen LogP contribution in [-0.4, -0.2) is 25.2 Å². The molecule has 0 atom stereocenters. The van der Waals surface area contributed by atoms with E-state index in [1.165, 1.54) is 0 Å². The van der Waals surface area contributed by atoms with Gasteiger partial charge in [-0.25, -0.2) is 4.98 Å². The number of aromatic nitrogens is 3. The number of imidazole rings is 1. The van der Waals surface area contributed by atoms with Crippen LogP contribution in [0.3, 0.4) is 0 Å². The van der Waals surface area contributed by atoms with Gasteiger partial charge in [0.15, 0.2) is 0 Å². The molecule has 0 bridgehead atoms. The molecule has 1 N–H and O–H groups in total. The maximum Gasteiger partial charge on any atom is 0.107 e. The molecular weight excluding hydrogens is 226 g/mol. The highest BCUT2D eigenvalue weighted by molar-refractivity contribution is 6.01. The average molecular weight is 241 g/mol. The Balaban J connectivity index is 2.30. The third-order valence-electron chi connectivity index (χ3n) is 2.91. The van der Waals surface area contributed by atoms with Gasteiger partial charge in [0.1, 0.15) is 5.52 Å². The van der Waals surface area contributed by atoms with Crippen LogP contribution in [0.1, 0.15) is 13.8 Å². The van der Waals surface area contributed by atoms with E-state index in [2.05, 4.69) is 9.97 Å². The molecule has 0 saturated carbocycles. The third kappa shape index (κ3) is 1.84. The van der Waals surface area contributed by atoms with E-state index in [4.69, 9.17) is 0 Å². The monoisotopic (exact) mass is 241 g/mol. The van der Waals surface area contributed by atoms with Crippen LogP contribution in [0.2, 0.25) is 0 Å². The first-order valence-corrected chi connectivity index (χ1v) is 5.95. The van der Waals surface area contributed by atoms with Crippen LogP contribution < -0.4 is 0 Å². The topological polar surface area (TPSA) is 50.9 Å². The minimum atomic E-state index is -0.766. The van der Waals surface area contributed by atoms with E-state index in [1.807, 2.05) is 28.8 Å². The molecule has 3 rings (SSSR count). The van der Waals surface area contributed by atoms with Gasteiger partial charge in [-0.3, -0.25) is 4.98 Å². The lowest BCUT2D eigenvalue weighted by atomic mass is 10.1.